The third-order valence-corrected chi connectivity index (χ3v) is 4.86. The first kappa shape index (κ1) is 17.7. The van der Waals surface area contributed by atoms with E-state index in [-0.39, 0.29) is 0 Å². The first-order valence-corrected chi connectivity index (χ1v) is 9.03. The number of nitrogens with zero attached hydrogens (tertiary/aromatic N) is 2. The van der Waals surface area contributed by atoms with E-state index in [0.717, 1.165) is 22.7 Å². The molecule has 0 unspecified atom stereocenters. The highest BCUT2D eigenvalue weighted by atomic mass is 32.1. The monoisotopic (exact) mass is 361 g/mol. The third-order valence-electron chi connectivity index (χ3n) is 3.99. The predicted molar refractivity (Wildman–Crippen MR) is 107 cm³/mol. The third kappa shape index (κ3) is 3.93. The lowest BCUT2D eigenvalue weighted by Gasteiger charge is -2.04. The molecule has 26 heavy (non-hydrogen) atoms. The summed E-state index contributed by atoms with van der Waals surface area (Å²) in [5, 5.41) is 15.3. The van der Waals surface area contributed by atoms with Gasteiger partial charge in [0.1, 0.15) is 22.4 Å². The highest BCUT2D eigenvalue weighted by molar-refractivity contribution is 7.11. The number of methoxy groups -OCH3 is 1. The standard InChI is InChI=1S/C21H19N3OS/c1-14-4-9-19(15(2)10-14)20-13-26-21(24-20)16(11-22)12-23-17-5-7-18(25-3)8-6-17/h4-10,12-13,23H,1-3H3. The minimum atomic E-state index is 0.502. The van der Waals surface area contributed by atoms with Gasteiger partial charge in [-0.25, -0.2) is 4.98 Å². The topological polar surface area (TPSA) is 57.9 Å². The number of aryl methyl sites for hydroxylation is 2. The van der Waals surface area contributed by atoms with Crippen LogP contribution in [0.5, 0.6) is 5.75 Å². The molecule has 0 aliphatic rings. The second-order valence-electron chi connectivity index (χ2n) is 5.90. The summed E-state index contributed by atoms with van der Waals surface area (Å²) in [5.74, 6) is 0.790. The van der Waals surface area contributed by atoms with Gasteiger partial charge in [0.05, 0.1) is 12.8 Å². The zero-order valence-electron chi connectivity index (χ0n) is 14.9. The number of allylic oxidation sites excluding steroid dienone is 1. The zero-order valence-corrected chi connectivity index (χ0v) is 15.7. The maximum atomic E-state index is 9.50. The molecule has 3 rings (SSSR count). The number of hydrogen-bond donors (Lipinski definition) is 1. The number of thiazole rings is 1. The van der Waals surface area contributed by atoms with E-state index in [1.54, 1.807) is 13.3 Å². The smallest absolute Gasteiger partial charge is 0.136 e. The van der Waals surface area contributed by atoms with Gasteiger partial charge in [0, 0.05) is 22.8 Å². The van der Waals surface area contributed by atoms with Gasteiger partial charge in [0.15, 0.2) is 0 Å². The maximum Gasteiger partial charge on any atom is 0.136 e. The number of hydrogen-bond acceptors (Lipinski definition) is 5. The molecule has 0 spiro atoms. The Kier molecular flexibility index (Phi) is 5.35. The van der Waals surface area contributed by atoms with Crippen LogP contribution in [0.25, 0.3) is 16.8 Å². The lowest BCUT2D eigenvalue weighted by molar-refractivity contribution is 0.415. The highest BCUT2D eigenvalue weighted by Crippen LogP contribution is 2.28. The Hall–Kier alpha value is -3.10. The molecule has 0 amide bonds. The second kappa shape index (κ2) is 7.85. The molecule has 1 N–H and O–H groups in total. The van der Waals surface area contributed by atoms with Crippen LogP contribution in [0, 0.1) is 25.2 Å². The van der Waals surface area contributed by atoms with Crippen LogP contribution < -0.4 is 10.1 Å². The summed E-state index contributed by atoms with van der Waals surface area (Å²) < 4.78 is 5.14. The van der Waals surface area contributed by atoms with Crippen molar-refractivity contribution in [2.75, 3.05) is 12.4 Å². The largest absolute Gasteiger partial charge is 0.497 e. The molecule has 0 aliphatic carbocycles. The van der Waals surface area contributed by atoms with E-state index in [9.17, 15) is 5.26 Å². The van der Waals surface area contributed by atoms with E-state index in [2.05, 4.69) is 48.4 Å². The number of aromatic nitrogens is 1. The Labute approximate surface area is 157 Å². The maximum absolute atomic E-state index is 9.50. The quantitative estimate of drug-likeness (QED) is 0.617. The van der Waals surface area contributed by atoms with Gasteiger partial charge in [-0.05, 0) is 43.7 Å². The minimum absolute atomic E-state index is 0.502. The SMILES string of the molecule is COc1ccc(NC=C(C#N)c2nc(-c3ccc(C)cc3C)cs2)cc1. The molecule has 4 nitrogen and oxygen atoms in total. The van der Waals surface area contributed by atoms with Gasteiger partial charge in [-0.15, -0.1) is 11.3 Å². The number of nitrogens with one attached hydrogen (secondary N) is 1. The molecule has 130 valence electrons. The fraction of sp³-hybridized carbons (Fsp3) is 0.143. The van der Waals surface area contributed by atoms with Crippen molar-refractivity contribution in [3.05, 3.63) is 70.2 Å². The van der Waals surface area contributed by atoms with Crippen LogP contribution in [-0.2, 0) is 0 Å². The number of nitriles is 1. The Morgan fingerprint density at radius 2 is 1.96 bits per heavy atom. The van der Waals surface area contributed by atoms with Gasteiger partial charge in [0.25, 0.3) is 0 Å². The van der Waals surface area contributed by atoms with Gasteiger partial charge >= 0.3 is 0 Å². The van der Waals surface area contributed by atoms with Crippen molar-refractivity contribution in [3.63, 3.8) is 0 Å². The van der Waals surface area contributed by atoms with Crippen molar-refractivity contribution in [2.24, 2.45) is 0 Å². The molecule has 5 heteroatoms. The van der Waals surface area contributed by atoms with Gasteiger partial charge in [-0.1, -0.05) is 23.8 Å². The molecular formula is C21H19N3OS. The van der Waals surface area contributed by atoms with Gasteiger partial charge < -0.3 is 10.1 Å². The lowest BCUT2D eigenvalue weighted by atomic mass is 10.0. The van der Waals surface area contributed by atoms with Crippen molar-refractivity contribution in [2.45, 2.75) is 13.8 Å². The Morgan fingerprint density at radius 1 is 1.19 bits per heavy atom. The van der Waals surface area contributed by atoms with Crippen molar-refractivity contribution >= 4 is 22.6 Å². The Balaban J connectivity index is 1.82. The first-order chi connectivity index (χ1) is 12.6. The molecule has 0 bridgehead atoms. The fourth-order valence-corrected chi connectivity index (χ4v) is 3.39. The summed E-state index contributed by atoms with van der Waals surface area (Å²) in [6.07, 6.45) is 1.69. The van der Waals surface area contributed by atoms with E-state index >= 15 is 0 Å². The molecule has 3 aromatic rings. The van der Waals surface area contributed by atoms with Gasteiger partial charge in [-0.3, -0.25) is 0 Å². The summed E-state index contributed by atoms with van der Waals surface area (Å²) in [4.78, 5) is 4.65. The number of anilines is 1. The van der Waals surface area contributed by atoms with Crippen LogP contribution in [0.1, 0.15) is 16.1 Å². The average Bonchev–Trinajstić information content (AvgIpc) is 3.12. The van der Waals surface area contributed by atoms with Crippen LogP contribution in [0.15, 0.2) is 54.0 Å². The van der Waals surface area contributed by atoms with Crippen molar-refractivity contribution in [1.82, 2.24) is 4.98 Å². The molecule has 0 saturated carbocycles. The average molecular weight is 361 g/mol. The van der Waals surface area contributed by atoms with Crippen LogP contribution in [-0.4, -0.2) is 12.1 Å². The minimum Gasteiger partial charge on any atom is -0.497 e. The van der Waals surface area contributed by atoms with E-state index in [0.29, 0.717) is 10.6 Å². The molecule has 0 fully saturated rings. The van der Waals surface area contributed by atoms with E-state index in [4.69, 9.17) is 4.74 Å². The van der Waals surface area contributed by atoms with Gasteiger partial charge in [-0.2, -0.15) is 5.26 Å². The summed E-state index contributed by atoms with van der Waals surface area (Å²) in [6, 6.07) is 16.0. The number of ether oxygens (including phenoxy) is 1. The molecule has 0 saturated heterocycles. The molecule has 1 heterocycles. The lowest BCUT2D eigenvalue weighted by Crippen LogP contribution is -1.92. The van der Waals surface area contributed by atoms with Crippen molar-refractivity contribution < 1.29 is 4.74 Å². The van der Waals surface area contributed by atoms with Crippen LogP contribution >= 0.6 is 11.3 Å². The predicted octanol–water partition coefficient (Wildman–Crippen LogP) is 5.41. The number of benzene rings is 2. The Bertz CT molecular complexity index is 981. The Morgan fingerprint density at radius 3 is 2.62 bits per heavy atom. The van der Waals surface area contributed by atoms with E-state index < -0.39 is 0 Å². The zero-order chi connectivity index (χ0) is 18.5. The molecule has 0 aliphatic heterocycles. The highest BCUT2D eigenvalue weighted by Gasteiger charge is 2.10. The number of rotatable bonds is 5. The summed E-state index contributed by atoms with van der Waals surface area (Å²) in [7, 11) is 1.63. The van der Waals surface area contributed by atoms with Crippen LogP contribution in [0.2, 0.25) is 0 Å². The normalized spacial score (nSPS) is 11.1. The van der Waals surface area contributed by atoms with Crippen LogP contribution in [0.3, 0.4) is 0 Å². The summed E-state index contributed by atoms with van der Waals surface area (Å²) in [5.41, 5.74) is 5.78. The fourth-order valence-electron chi connectivity index (χ4n) is 2.61. The molecule has 0 radical (unpaired) electrons. The van der Waals surface area contributed by atoms with Crippen LogP contribution in [0.4, 0.5) is 5.69 Å². The van der Waals surface area contributed by atoms with Crippen molar-refractivity contribution in [3.8, 4) is 23.1 Å². The summed E-state index contributed by atoms with van der Waals surface area (Å²) in [6.45, 7) is 4.15. The van der Waals surface area contributed by atoms with E-state index in [1.807, 2.05) is 29.6 Å². The molecular weight excluding hydrogens is 342 g/mol. The first-order valence-electron chi connectivity index (χ1n) is 8.15. The molecule has 0 atom stereocenters. The summed E-state index contributed by atoms with van der Waals surface area (Å²) >= 11 is 1.47. The van der Waals surface area contributed by atoms with Gasteiger partial charge in [0.2, 0.25) is 0 Å². The van der Waals surface area contributed by atoms with E-state index in [1.165, 1.54) is 22.5 Å². The van der Waals surface area contributed by atoms with Crippen molar-refractivity contribution in [1.29, 1.82) is 5.26 Å². The molecule has 1 aromatic heterocycles. The molecule has 2 aromatic carbocycles. The second-order valence-corrected chi connectivity index (χ2v) is 6.76.